The molecule has 8 nitrogen and oxygen atoms in total. The van der Waals surface area contributed by atoms with E-state index in [1.807, 2.05) is 27.2 Å². The summed E-state index contributed by atoms with van der Waals surface area (Å²) in [6.07, 6.45) is 55.9. The Bertz CT molecular complexity index is 1160. The second-order valence-corrected chi connectivity index (χ2v) is 19.3. The van der Waals surface area contributed by atoms with Crippen LogP contribution in [0.3, 0.4) is 0 Å². The van der Waals surface area contributed by atoms with Gasteiger partial charge in [-0.2, -0.15) is 0 Å². The maximum atomic E-state index is 12.9. The third-order valence-electron chi connectivity index (χ3n) is 10.7. The topological polar surface area (TPSA) is 105 Å². The Balaban J connectivity index is 4.47. The van der Waals surface area contributed by atoms with Crippen LogP contribution in [0.15, 0.2) is 60.8 Å². The Morgan fingerprint density at radius 2 is 0.950 bits per heavy atom. The van der Waals surface area contributed by atoms with Crippen LogP contribution in [-0.2, 0) is 18.4 Å². The van der Waals surface area contributed by atoms with Crippen LogP contribution in [0.4, 0.5) is 0 Å². The second kappa shape index (κ2) is 42.5. The number of carbonyl (C=O) groups excluding carboxylic acids is 1. The van der Waals surface area contributed by atoms with E-state index in [1.165, 1.54) is 135 Å². The van der Waals surface area contributed by atoms with E-state index in [0.717, 1.165) is 44.9 Å². The minimum Gasteiger partial charge on any atom is -0.387 e. The molecule has 0 aliphatic rings. The summed E-state index contributed by atoms with van der Waals surface area (Å²) in [5.41, 5.74) is 0. The lowest BCUT2D eigenvalue weighted by molar-refractivity contribution is -0.870. The second-order valence-electron chi connectivity index (χ2n) is 17.8. The summed E-state index contributed by atoms with van der Waals surface area (Å²) in [6.45, 7) is 4.77. The van der Waals surface area contributed by atoms with Gasteiger partial charge in [0.05, 0.1) is 39.9 Å². The summed E-state index contributed by atoms with van der Waals surface area (Å²) in [4.78, 5) is 23.2. The zero-order valence-electron chi connectivity index (χ0n) is 39.7. The molecule has 0 radical (unpaired) electrons. The zero-order chi connectivity index (χ0) is 44.3. The van der Waals surface area contributed by atoms with Crippen molar-refractivity contribution in [3.63, 3.8) is 0 Å². The first-order valence-corrected chi connectivity index (χ1v) is 26.2. The molecule has 0 bridgehead atoms. The average Bonchev–Trinajstić information content (AvgIpc) is 3.20. The number of carbonyl (C=O) groups is 1. The van der Waals surface area contributed by atoms with Crippen molar-refractivity contribution in [3.05, 3.63) is 60.8 Å². The molecule has 0 fully saturated rings. The van der Waals surface area contributed by atoms with Crippen molar-refractivity contribution in [1.82, 2.24) is 5.32 Å². The van der Waals surface area contributed by atoms with Gasteiger partial charge in [0.15, 0.2) is 0 Å². The Kier molecular flexibility index (Phi) is 41.2. The lowest BCUT2D eigenvalue weighted by Gasteiger charge is -2.25. The Labute approximate surface area is 371 Å². The lowest BCUT2D eigenvalue weighted by atomic mass is 10.0. The quantitative estimate of drug-likeness (QED) is 0.0244. The van der Waals surface area contributed by atoms with Crippen LogP contribution in [0.1, 0.15) is 206 Å². The molecule has 0 spiro atoms. The van der Waals surface area contributed by atoms with Gasteiger partial charge in [-0.05, 0) is 57.8 Å². The van der Waals surface area contributed by atoms with Crippen molar-refractivity contribution in [3.8, 4) is 0 Å². The summed E-state index contributed by atoms with van der Waals surface area (Å²) in [5, 5.41) is 13.8. The highest BCUT2D eigenvalue weighted by atomic mass is 31.2. The van der Waals surface area contributed by atoms with Crippen LogP contribution in [0.25, 0.3) is 0 Å². The van der Waals surface area contributed by atoms with Gasteiger partial charge >= 0.3 is 7.82 Å². The number of phosphoric acid groups is 1. The monoisotopic (exact) mass is 864 g/mol. The molecule has 3 atom stereocenters. The number of nitrogens with one attached hydrogen (secondary N) is 1. The Morgan fingerprint density at radius 1 is 0.567 bits per heavy atom. The molecule has 0 aromatic heterocycles. The summed E-state index contributed by atoms with van der Waals surface area (Å²) in [7, 11) is 1.53. The summed E-state index contributed by atoms with van der Waals surface area (Å²) in [5.74, 6) is -0.232. The minimum atomic E-state index is -4.36. The van der Waals surface area contributed by atoms with Crippen LogP contribution >= 0.6 is 7.82 Å². The number of rotatable bonds is 44. The van der Waals surface area contributed by atoms with Crippen LogP contribution in [0, 0.1) is 0 Å². The first-order chi connectivity index (χ1) is 29.0. The van der Waals surface area contributed by atoms with Gasteiger partial charge in [0.25, 0.3) is 0 Å². The number of likely N-dealkylation sites (N-methyl/N-ethyl adjacent to an activating group) is 1. The molecule has 0 saturated heterocycles. The highest BCUT2D eigenvalue weighted by molar-refractivity contribution is 7.47. The normalized spacial score (nSPS) is 14.7. The minimum absolute atomic E-state index is 0.0493. The molecule has 0 rings (SSSR count). The molecule has 1 amide bonds. The van der Waals surface area contributed by atoms with Gasteiger partial charge in [0.2, 0.25) is 5.91 Å². The highest BCUT2D eigenvalue weighted by Gasteiger charge is 2.27. The van der Waals surface area contributed by atoms with E-state index in [9.17, 15) is 19.4 Å². The zero-order valence-corrected chi connectivity index (χ0v) is 40.6. The molecule has 0 aromatic carbocycles. The van der Waals surface area contributed by atoms with Crippen molar-refractivity contribution in [1.29, 1.82) is 0 Å². The van der Waals surface area contributed by atoms with E-state index in [-0.39, 0.29) is 25.5 Å². The number of unbranched alkanes of at least 4 members (excludes halogenated alkanes) is 23. The number of nitrogens with zero attached hydrogens (tertiary/aromatic N) is 1. The van der Waals surface area contributed by atoms with Crippen molar-refractivity contribution in [2.24, 2.45) is 0 Å². The van der Waals surface area contributed by atoms with Crippen LogP contribution in [-0.4, -0.2) is 73.4 Å². The number of quaternary nitrogens is 1. The highest BCUT2D eigenvalue weighted by Crippen LogP contribution is 2.43. The summed E-state index contributed by atoms with van der Waals surface area (Å²) < 4.78 is 23.6. The average molecular weight is 864 g/mol. The standard InChI is InChI=1S/C51H95N2O6P/c1-6-8-10-12-14-16-18-20-22-24-25-26-27-29-31-33-35-37-39-41-43-45-51(55)52-49(48-59-60(56,57)58-47-46-53(3,4)5)50(54)44-42-40-38-36-34-32-30-28-23-21-19-17-15-13-11-9-7-2/h22,24,26-27,31,33,37,39,42,44,49-50,54H,6-21,23,25,28-30,32,34-36,38,40-41,43,45-48H2,1-5H3,(H-,52,55,56,57)/p+1/b24-22+,27-26+,33-31+,39-37+,44-42+/t49-,50+/m0/s1. The van der Waals surface area contributed by atoms with Gasteiger partial charge in [0.1, 0.15) is 13.2 Å². The maximum absolute atomic E-state index is 12.9. The van der Waals surface area contributed by atoms with Gasteiger partial charge in [-0.25, -0.2) is 4.57 Å². The number of amides is 1. The molecule has 0 heterocycles. The fraction of sp³-hybridized carbons (Fsp3) is 0.784. The predicted octanol–water partition coefficient (Wildman–Crippen LogP) is 14.2. The van der Waals surface area contributed by atoms with Crippen LogP contribution < -0.4 is 5.32 Å². The van der Waals surface area contributed by atoms with Crippen molar-refractivity contribution >= 4 is 13.7 Å². The third-order valence-corrected chi connectivity index (χ3v) is 11.7. The van der Waals surface area contributed by atoms with Gasteiger partial charge in [0, 0.05) is 6.42 Å². The number of aliphatic hydroxyl groups excluding tert-OH is 1. The molecule has 60 heavy (non-hydrogen) atoms. The largest absolute Gasteiger partial charge is 0.472 e. The molecular weight excluding hydrogens is 768 g/mol. The first kappa shape index (κ1) is 58.2. The number of hydrogen-bond donors (Lipinski definition) is 3. The van der Waals surface area contributed by atoms with Gasteiger partial charge < -0.3 is 19.8 Å². The molecule has 0 aliphatic heterocycles. The molecule has 0 aromatic rings. The maximum Gasteiger partial charge on any atom is 0.472 e. The van der Waals surface area contributed by atoms with Crippen LogP contribution in [0.2, 0.25) is 0 Å². The van der Waals surface area contributed by atoms with E-state index in [4.69, 9.17) is 9.05 Å². The number of aliphatic hydroxyl groups is 1. The molecule has 3 N–H and O–H groups in total. The fourth-order valence-corrected chi connectivity index (χ4v) is 7.53. The smallest absolute Gasteiger partial charge is 0.387 e. The molecule has 9 heteroatoms. The van der Waals surface area contributed by atoms with E-state index in [2.05, 4.69) is 67.8 Å². The van der Waals surface area contributed by atoms with Gasteiger partial charge in [-0.1, -0.05) is 203 Å². The molecule has 0 aliphatic carbocycles. The molecular formula is C51H96N2O6P+. The number of hydrogen-bond acceptors (Lipinski definition) is 5. The van der Waals surface area contributed by atoms with Crippen LogP contribution in [0.5, 0.6) is 0 Å². The number of phosphoric ester groups is 1. The van der Waals surface area contributed by atoms with Gasteiger partial charge in [-0.15, -0.1) is 0 Å². The summed E-state index contributed by atoms with van der Waals surface area (Å²) in [6, 6.07) is -0.877. The van der Waals surface area contributed by atoms with Gasteiger partial charge in [-0.3, -0.25) is 13.8 Å². The van der Waals surface area contributed by atoms with Crippen molar-refractivity contribution < 1.29 is 32.9 Å². The van der Waals surface area contributed by atoms with Crippen molar-refractivity contribution in [2.45, 2.75) is 219 Å². The van der Waals surface area contributed by atoms with E-state index < -0.39 is 20.0 Å². The summed E-state index contributed by atoms with van der Waals surface area (Å²) >= 11 is 0. The van der Waals surface area contributed by atoms with E-state index in [1.54, 1.807) is 6.08 Å². The molecule has 350 valence electrons. The predicted molar refractivity (Wildman–Crippen MR) is 258 cm³/mol. The fourth-order valence-electron chi connectivity index (χ4n) is 6.80. The molecule has 1 unspecified atom stereocenters. The third kappa shape index (κ3) is 44.3. The van der Waals surface area contributed by atoms with Crippen molar-refractivity contribution in [2.75, 3.05) is 40.9 Å². The number of allylic oxidation sites excluding steroid dienone is 9. The van der Waals surface area contributed by atoms with E-state index in [0.29, 0.717) is 17.4 Å². The SMILES string of the molecule is CCCCCCCCC/C=C/C/C=C/C/C=C/C/C=C/CCCC(=O)N[C@@H](COP(=O)(O)OCC[N+](C)(C)C)[C@H](O)/C=C/CCCCCCCCCCCCCCCCC. The Hall–Kier alpha value is -1.80. The first-order valence-electron chi connectivity index (χ1n) is 24.7. The Morgan fingerprint density at radius 3 is 1.38 bits per heavy atom. The molecule has 0 saturated carbocycles. The lowest BCUT2D eigenvalue weighted by Crippen LogP contribution is -2.45. The van der Waals surface area contributed by atoms with E-state index >= 15 is 0 Å².